The lowest BCUT2D eigenvalue weighted by molar-refractivity contribution is 0.822. The van der Waals surface area contributed by atoms with Gasteiger partial charge in [-0.3, -0.25) is 0 Å². The Labute approximate surface area is 79.4 Å². The van der Waals surface area contributed by atoms with Gasteiger partial charge in [-0.1, -0.05) is 19.9 Å². The molecule has 0 bridgehead atoms. The highest BCUT2D eigenvalue weighted by atomic mass is 15.0. The van der Waals surface area contributed by atoms with Crippen molar-refractivity contribution in [3.8, 4) is 0 Å². The lowest BCUT2D eigenvalue weighted by atomic mass is 10.1. The number of nitrogens with one attached hydrogen (secondary N) is 1. The first-order valence-corrected chi connectivity index (χ1v) is 4.65. The van der Waals surface area contributed by atoms with Crippen molar-refractivity contribution < 1.29 is 0 Å². The van der Waals surface area contributed by atoms with Crippen LogP contribution in [0.1, 0.15) is 25.5 Å². The third-order valence-electron chi connectivity index (χ3n) is 1.81. The normalized spacial score (nSPS) is 10.5. The average Bonchev–Trinajstić information content (AvgIpc) is 2.15. The minimum atomic E-state index is 0.472. The molecule has 1 aromatic rings. The van der Waals surface area contributed by atoms with E-state index in [-0.39, 0.29) is 0 Å². The molecule has 0 unspecified atom stereocenters. The Morgan fingerprint density at radius 3 is 2.85 bits per heavy atom. The Hall–Kier alpha value is -1.09. The zero-order valence-electron chi connectivity index (χ0n) is 8.25. The average molecular weight is 179 g/mol. The molecular weight excluding hydrogens is 162 g/mol. The van der Waals surface area contributed by atoms with Gasteiger partial charge in [0.25, 0.3) is 0 Å². The third-order valence-corrected chi connectivity index (χ3v) is 1.81. The molecule has 0 fully saturated rings. The molecule has 0 saturated heterocycles. The van der Waals surface area contributed by atoms with Crippen molar-refractivity contribution in [2.75, 3.05) is 18.4 Å². The summed E-state index contributed by atoms with van der Waals surface area (Å²) in [5.74, 6) is 1.39. The van der Waals surface area contributed by atoms with Crippen LogP contribution in [0.5, 0.6) is 0 Å². The molecule has 0 saturated carbocycles. The van der Waals surface area contributed by atoms with Gasteiger partial charge in [-0.05, 0) is 18.1 Å². The fourth-order valence-electron chi connectivity index (χ4n) is 1.07. The zero-order chi connectivity index (χ0) is 9.68. The fraction of sp³-hybridized carbons (Fsp3) is 0.500. The van der Waals surface area contributed by atoms with E-state index in [1.54, 1.807) is 0 Å². The van der Waals surface area contributed by atoms with Crippen LogP contribution >= 0.6 is 0 Å². The predicted octanol–water partition coefficient (Wildman–Crippen LogP) is 1.58. The molecule has 3 N–H and O–H groups in total. The van der Waals surface area contributed by atoms with Gasteiger partial charge in [0, 0.05) is 18.8 Å². The summed E-state index contributed by atoms with van der Waals surface area (Å²) in [7, 11) is 0. The summed E-state index contributed by atoms with van der Waals surface area (Å²) in [4.78, 5) is 4.44. The van der Waals surface area contributed by atoms with Gasteiger partial charge in [0.15, 0.2) is 0 Å². The molecule has 0 aliphatic carbocycles. The van der Waals surface area contributed by atoms with Crippen LogP contribution in [0.4, 0.5) is 5.82 Å². The SMILES string of the molecule is CC(C)c1cccc(NCCN)n1. The van der Waals surface area contributed by atoms with Gasteiger partial charge in [-0.15, -0.1) is 0 Å². The van der Waals surface area contributed by atoms with E-state index in [1.807, 2.05) is 18.2 Å². The van der Waals surface area contributed by atoms with Crippen LogP contribution in [-0.2, 0) is 0 Å². The maximum absolute atomic E-state index is 5.38. The van der Waals surface area contributed by atoms with Crippen LogP contribution < -0.4 is 11.1 Å². The number of rotatable bonds is 4. The minimum absolute atomic E-state index is 0.472. The molecule has 3 nitrogen and oxygen atoms in total. The van der Waals surface area contributed by atoms with Crippen LogP contribution in [0.2, 0.25) is 0 Å². The second-order valence-corrected chi connectivity index (χ2v) is 3.32. The molecule has 3 heteroatoms. The number of anilines is 1. The van der Waals surface area contributed by atoms with Gasteiger partial charge in [-0.2, -0.15) is 0 Å². The molecule has 1 aromatic heterocycles. The lowest BCUT2D eigenvalue weighted by Crippen LogP contribution is -2.14. The molecule has 1 heterocycles. The molecule has 0 aliphatic heterocycles. The van der Waals surface area contributed by atoms with Crippen molar-refractivity contribution in [1.29, 1.82) is 0 Å². The largest absolute Gasteiger partial charge is 0.369 e. The van der Waals surface area contributed by atoms with Gasteiger partial charge in [-0.25, -0.2) is 4.98 Å². The lowest BCUT2D eigenvalue weighted by Gasteiger charge is -2.07. The third kappa shape index (κ3) is 3.03. The standard InChI is InChI=1S/C10H17N3/c1-8(2)9-4-3-5-10(13-9)12-7-6-11/h3-5,8H,6-7,11H2,1-2H3,(H,12,13). The molecule has 0 radical (unpaired) electrons. The molecule has 1 rings (SSSR count). The highest BCUT2D eigenvalue weighted by Gasteiger charge is 2.00. The van der Waals surface area contributed by atoms with Gasteiger partial charge in [0.05, 0.1) is 0 Å². The van der Waals surface area contributed by atoms with E-state index in [0.29, 0.717) is 12.5 Å². The van der Waals surface area contributed by atoms with E-state index < -0.39 is 0 Å². The molecule has 72 valence electrons. The second kappa shape index (κ2) is 4.82. The first kappa shape index (κ1) is 9.99. The van der Waals surface area contributed by atoms with Gasteiger partial charge >= 0.3 is 0 Å². The maximum atomic E-state index is 5.38. The second-order valence-electron chi connectivity index (χ2n) is 3.32. The Kier molecular flexibility index (Phi) is 3.71. The number of aromatic nitrogens is 1. The first-order valence-electron chi connectivity index (χ1n) is 4.65. The number of hydrogen-bond donors (Lipinski definition) is 2. The number of nitrogens with two attached hydrogens (primary N) is 1. The van der Waals surface area contributed by atoms with Crippen LogP contribution in [-0.4, -0.2) is 18.1 Å². The topological polar surface area (TPSA) is 50.9 Å². The summed E-state index contributed by atoms with van der Waals surface area (Å²) >= 11 is 0. The monoisotopic (exact) mass is 179 g/mol. The highest BCUT2D eigenvalue weighted by molar-refractivity contribution is 5.35. The zero-order valence-corrected chi connectivity index (χ0v) is 8.25. The molecule has 0 spiro atoms. The van der Waals surface area contributed by atoms with Gasteiger partial charge < -0.3 is 11.1 Å². The van der Waals surface area contributed by atoms with Gasteiger partial charge in [0.1, 0.15) is 5.82 Å². The van der Waals surface area contributed by atoms with E-state index in [1.165, 1.54) is 0 Å². The Bertz CT molecular complexity index is 258. The summed E-state index contributed by atoms with van der Waals surface area (Å²) in [5.41, 5.74) is 6.50. The van der Waals surface area contributed by atoms with Crippen molar-refractivity contribution in [1.82, 2.24) is 4.98 Å². The molecule has 0 aromatic carbocycles. The molecule has 0 atom stereocenters. The summed E-state index contributed by atoms with van der Waals surface area (Å²) in [6, 6.07) is 6.01. The van der Waals surface area contributed by atoms with E-state index >= 15 is 0 Å². The Morgan fingerprint density at radius 2 is 2.23 bits per heavy atom. The molecule has 0 amide bonds. The van der Waals surface area contributed by atoms with Crippen molar-refractivity contribution in [2.45, 2.75) is 19.8 Å². The van der Waals surface area contributed by atoms with E-state index in [4.69, 9.17) is 5.73 Å². The smallest absolute Gasteiger partial charge is 0.126 e. The van der Waals surface area contributed by atoms with E-state index in [9.17, 15) is 0 Å². The van der Waals surface area contributed by atoms with Gasteiger partial charge in [0.2, 0.25) is 0 Å². The minimum Gasteiger partial charge on any atom is -0.369 e. The van der Waals surface area contributed by atoms with Crippen LogP contribution in [0, 0.1) is 0 Å². The van der Waals surface area contributed by atoms with Crippen molar-refractivity contribution in [2.24, 2.45) is 5.73 Å². The maximum Gasteiger partial charge on any atom is 0.126 e. The quantitative estimate of drug-likeness (QED) is 0.737. The number of hydrogen-bond acceptors (Lipinski definition) is 3. The van der Waals surface area contributed by atoms with Crippen LogP contribution in [0.25, 0.3) is 0 Å². The molecule has 0 aliphatic rings. The molecular formula is C10H17N3. The summed E-state index contributed by atoms with van der Waals surface area (Å²) in [6.45, 7) is 5.67. The summed E-state index contributed by atoms with van der Waals surface area (Å²) < 4.78 is 0. The Morgan fingerprint density at radius 1 is 1.46 bits per heavy atom. The number of nitrogens with zero attached hydrogens (tertiary/aromatic N) is 1. The fourth-order valence-corrected chi connectivity index (χ4v) is 1.07. The number of pyridine rings is 1. The van der Waals surface area contributed by atoms with Crippen molar-refractivity contribution in [3.63, 3.8) is 0 Å². The van der Waals surface area contributed by atoms with Crippen LogP contribution in [0.3, 0.4) is 0 Å². The van der Waals surface area contributed by atoms with Crippen molar-refractivity contribution in [3.05, 3.63) is 23.9 Å². The van der Waals surface area contributed by atoms with E-state index in [2.05, 4.69) is 24.1 Å². The highest BCUT2D eigenvalue weighted by Crippen LogP contribution is 2.13. The van der Waals surface area contributed by atoms with E-state index in [0.717, 1.165) is 18.1 Å². The Balaban J connectivity index is 2.68. The summed E-state index contributed by atoms with van der Waals surface area (Å²) in [6.07, 6.45) is 0. The van der Waals surface area contributed by atoms with Crippen molar-refractivity contribution >= 4 is 5.82 Å². The predicted molar refractivity (Wildman–Crippen MR) is 55.9 cm³/mol. The molecule has 13 heavy (non-hydrogen) atoms. The van der Waals surface area contributed by atoms with Crippen LogP contribution in [0.15, 0.2) is 18.2 Å². The first-order chi connectivity index (χ1) is 6.24. The summed E-state index contributed by atoms with van der Waals surface area (Å²) in [5, 5.41) is 3.15.